The Morgan fingerprint density at radius 3 is 1.68 bits per heavy atom. The molecule has 1 N–H and O–H groups in total. The normalized spacial score (nSPS) is 24.7. The molecule has 0 saturated carbocycles. The maximum absolute atomic E-state index is 11.1. The molecule has 0 aliphatic carbocycles. The molecular weight excluding hydrogens is 448 g/mol. The van der Waals surface area contributed by atoms with Crippen molar-refractivity contribution in [2.75, 3.05) is 12.9 Å². The van der Waals surface area contributed by atoms with Crippen molar-refractivity contribution in [2.24, 2.45) is 0 Å². The van der Waals surface area contributed by atoms with Crippen LogP contribution in [0.25, 0.3) is 0 Å². The molecule has 5 atom stereocenters. The Kier molecular flexibility index (Phi) is 9.56. The second-order valence-corrected chi connectivity index (χ2v) is 9.23. The predicted molar refractivity (Wildman–Crippen MR) is 134 cm³/mol. The summed E-state index contributed by atoms with van der Waals surface area (Å²) < 4.78 is 24.9. The van der Waals surface area contributed by atoms with Gasteiger partial charge in [-0.1, -0.05) is 91.0 Å². The topological polar surface area (TPSA) is 57.2 Å². The minimum atomic E-state index is -0.829. The van der Waals surface area contributed by atoms with E-state index in [0.29, 0.717) is 26.4 Å². The van der Waals surface area contributed by atoms with E-state index in [4.69, 9.17) is 18.9 Å². The van der Waals surface area contributed by atoms with Gasteiger partial charge in [-0.2, -0.15) is 0 Å². The van der Waals surface area contributed by atoms with Gasteiger partial charge in [-0.3, -0.25) is 0 Å². The monoisotopic (exact) mass is 480 g/mol. The van der Waals surface area contributed by atoms with Crippen LogP contribution in [-0.4, -0.2) is 47.8 Å². The molecule has 1 saturated heterocycles. The number of thioether (sulfide) groups is 1. The lowest BCUT2D eigenvalue weighted by atomic mass is 9.99. The van der Waals surface area contributed by atoms with Gasteiger partial charge in [0.1, 0.15) is 29.9 Å². The highest BCUT2D eigenvalue weighted by atomic mass is 32.2. The molecule has 0 spiro atoms. The van der Waals surface area contributed by atoms with Gasteiger partial charge >= 0.3 is 0 Å². The fourth-order valence-corrected chi connectivity index (χ4v) is 4.70. The molecule has 4 rings (SSSR count). The van der Waals surface area contributed by atoms with Crippen molar-refractivity contribution in [1.82, 2.24) is 0 Å². The molecule has 1 aliphatic rings. The van der Waals surface area contributed by atoms with Gasteiger partial charge in [0.2, 0.25) is 0 Å². The summed E-state index contributed by atoms with van der Waals surface area (Å²) in [5.74, 6) is 0. The lowest BCUT2D eigenvalue weighted by molar-refractivity contribution is -0.243. The van der Waals surface area contributed by atoms with Gasteiger partial charge in [0.25, 0.3) is 0 Å². The van der Waals surface area contributed by atoms with Gasteiger partial charge in [-0.05, 0) is 22.9 Å². The number of hydrogen-bond donors (Lipinski definition) is 1. The predicted octanol–water partition coefficient (Wildman–Crippen LogP) is 4.82. The Morgan fingerprint density at radius 1 is 0.706 bits per heavy atom. The summed E-state index contributed by atoms with van der Waals surface area (Å²) in [5, 5.41) is 11.1. The Bertz CT molecular complexity index is 956. The molecule has 0 radical (unpaired) electrons. The molecule has 1 aliphatic heterocycles. The first-order chi connectivity index (χ1) is 16.7. The Balaban J connectivity index is 1.48. The third-order valence-corrected chi connectivity index (χ3v) is 6.67. The fourth-order valence-electron chi connectivity index (χ4n) is 4.02. The van der Waals surface area contributed by atoms with Crippen LogP contribution in [0.3, 0.4) is 0 Å². The average molecular weight is 481 g/mol. The van der Waals surface area contributed by atoms with Crippen molar-refractivity contribution in [3.63, 3.8) is 0 Å². The second-order valence-electron chi connectivity index (χ2n) is 8.29. The largest absolute Gasteiger partial charge is 0.387 e. The van der Waals surface area contributed by atoms with Crippen molar-refractivity contribution in [1.29, 1.82) is 0 Å². The van der Waals surface area contributed by atoms with Crippen LogP contribution in [0.2, 0.25) is 0 Å². The molecule has 3 aromatic carbocycles. The standard InChI is InChI=1S/C28H32O5S/c1-34-28-25(29)27(32-19-23-15-9-4-10-16-23)26(31-18-22-13-7-3-8-14-22)24(33-28)20-30-17-21-11-5-2-6-12-21/h2-16,24-29H,17-20H2,1H3/t24-,25+,26-,27-,28-/m1/s1. The van der Waals surface area contributed by atoms with Crippen molar-refractivity contribution in [2.45, 2.75) is 49.7 Å². The molecule has 0 unspecified atom stereocenters. The van der Waals surface area contributed by atoms with E-state index in [0.717, 1.165) is 16.7 Å². The molecule has 0 aromatic heterocycles. The van der Waals surface area contributed by atoms with E-state index in [2.05, 4.69) is 0 Å². The molecule has 0 amide bonds. The first kappa shape index (κ1) is 24.9. The maximum Gasteiger partial charge on any atom is 0.132 e. The van der Waals surface area contributed by atoms with Gasteiger partial charge in [0.05, 0.1) is 26.4 Å². The average Bonchev–Trinajstić information content (AvgIpc) is 2.89. The summed E-state index contributed by atoms with van der Waals surface area (Å²) in [5.41, 5.74) is 2.76. The maximum atomic E-state index is 11.1. The summed E-state index contributed by atoms with van der Waals surface area (Å²) in [6.45, 7) is 1.59. The van der Waals surface area contributed by atoms with E-state index < -0.39 is 23.7 Å². The second kappa shape index (κ2) is 13.0. The van der Waals surface area contributed by atoms with Crippen LogP contribution in [0.4, 0.5) is 0 Å². The van der Waals surface area contributed by atoms with Crippen molar-refractivity contribution >= 4 is 11.8 Å². The van der Waals surface area contributed by atoms with Gasteiger partial charge in [-0.15, -0.1) is 11.8 Å². The minimum Gasteiger partial charge on any atom is -0.387 e. The Morgan fingerprint density at radius 2 is 1.18 bits per heavy atom. The number of rotatable bonds is 11. The lowest BCUT2D eigenvalue weighted by Gasteiger charge is -2.44. The summed E-state index contributed by atoms with van der Waals surface area (Å²) in [6.07, 6.45) is -0.327. The van der Waals surface area contributed by atoms with Crippen molar-refractivity contribution in [3.05, 3.63) is 108 Å². The fraction of sp³-hybridized carbons (Fsp3) is 0.357. The number of ether oxygens (including phenoxy) is 4. The first-order valence-electron chi connectivity index (χ1n) is 11.5. The highest BCUT2D eigenvalue weighted by molar-refractivity contribution is 7.99. The third-order valence-electron chi connectivity index (χ3n) is 5.81. The number of aliphatic hydroxyl groups excluding tert-OH is 1. The van der Waals surface area contributed by atoms with E-state index in [9.17, 15) is 5.11 Å². The van der Waals surface area contributed by atoms with Gasteiger partial charge in [-0.25, -0.2) is 0 Å². The zero-order chi connectivity index (χ0) is 23.6. The van der Waals surface area contributed by atoms with Crippen LogP contribution in [0.15, 0.2) is 91.0 Å². The summed E-state index contributed by atoms with van der Waals surface area (Å²) in [7, 11) is 0. The third kappa shape index (κ3) is 6.92. The lowest BCUT2D eigenvalue weighted by Crippen LogP contribution is -2.59. The number of aliphatic hydroxyl groups is 1. The van der Waals surface area contributed by atoms with Crippen molar-refractivity contribution in [3.8, 4) is 0 Å². The van der Waals surface area contributed by atoms with Crippen LogP contribution in [-0.2, 0) is 38.8 Å². The Hall–Kier alpha value is -2.19. The summed E-state index contributed by atoms with van der Waals surface area (Å²) >= 11 is 1.47. The highest BCUT2D eigenvalue weighted by Crippen LogP contribution is 2.32. The van der Waals surface area contributed by atoms with E-state index in [1.165, 1.54) is 11.8 Å². The molecule has 3 aromatic rings. The molecule has 1 heterocycles. The molecule has 0 bridgehead atoms. The molecule has 34 heavy (non-hydrogen) atoms. The van der Waals surface area contributed by atoms with Crippen LogP contribution >= 0.6 is 11.8 Å². The van der Waals surface area contributed by atoms with Crippen LogP contribution in [0, 0.1) is 0 Å². The van der Waals surface area contributed by atoms with E-state index >= 15 is 0 Å². The molecular formula is C28H32O5S. The Labute approximate surface area is 206 Å². The molecule has 5 nitrogen and oxygen atoms in total. The molecule has 180 valence electrons. The highest BCUT2D eigenvalue weighted by Gasteiger charge is 2.46. The van der Waals surface area contributed by atoms with Gasteiger partial charge in [0, 0.05) is 0 Å². The quantitative estimate of drug-likeness (QED) is 0.425. The summed E-state index contributed by atoms with van der Waals surface area (Å²) in [4.78, 5) is 0. The molecule has 6 heteroatoms. The zero-order valence-corrected chi connectivity index (χ0v) is 20.2. The van der Waals surface area contributed by atoms with Crippen LogP contribution in [0.1, 0.15) is 16.7 Å². The molecule has 1 fully saturated rings. The van der Waals surface area contributed by atoms with Crippen molar-refractivity contribution < 1.29 is 24.1 Å². The number of benzene rings is 3. The van der Waals surface area contributed by atoms with Crippen LogP contribution in [0.5, 0.6) is 0 Å². The van der Waals surface area contributed by atoms with E-state index in [-0.39, 0.29) is 6.10 Å². The smallest absolute Gasteiger partial charge is 0.132 e. The SMILES string of the molecule is CS[C@H]1O[C@H](COCc2ccccc2)[C@@H](OCc2ccccc2)[C@H](OCc2ccccc2)[C@@H]1O. The van der Waals surface area contributed by atoms with Gasteiger partial charge in [0.15, 0.2) is 0 Å². The zero-order valence-electron chi connectivity index (χ0n) is 19.4. The number of hydrogen-bond acceptors (Lipinski definition) is 6. The summed E-state index contributed by atoms with van der Waals surface area (Å²) in [6, 6.07) is 30.0. The first-order valence-corrected chi connectivity index (χ1v) is 12.8. The van der Waals surface area contributed by atoms with Crippen LogP contribution < -0.4 is 0 Å². The minimum absolute atomic E-state index is 0.337. The van der Waals surface area contributed by atoms with E-state index in [1.807, 2.05) is 97.3 Å². The van der Waals surface area contributed by atoms with Gasteiger partial charge < -0.3 is 24.1 Å². The van der Waals surface area contributed by atoms with E-state index in [1.54, 1.807) is 0 Å².